The average Bonchev–Trinajstić information content (AvgIpc) is 2.94. The summed E-state index contributed by atoms with van der Waals surface area (Å²) in [6.07, 6.45) is 1.68. The second kappa shape index (κ2) is 4.92. The maximum absolute atomic E-state index is 13.6. The molecule has 4 rings (SSSR count). The van der Waals surface area contributed by atoms with Gasteiger partial charge in [-0.05, 0) is 48.0 Å². The summed E-state index contributed by atoms with van der Waals surface area (Å²) in [5, 5.41) is 1.07. The summed E-state index contributed by atoms with van der Waals surface area (Å²) >= 11 is 0. The summed E-state index contributed by atoms with van der Waals surface area (Å²) < 4.78 is 32.6. The standard InChI is InChI=1S/C18H15F2NO/c1-21-9-16(11-6-12(19)8-13(20)7-11)14-2-3-18-15(4-5-22-18)17(14)10-21/h2-8,16H,9-10H2,1H3/t16-/m0/s1. The Balaban J connectivity index is 1.91. The summed E-state index contributed by atoms with van der Waals surface area (Å²) in [7, 11) is 2.02. The van der Waals surface area contributed by atoms with E-state index in [0.29, 0.717) is 5.56 Å². The van der Waals surface area contributed by atoms with Crippen LogP contribution in [-0.4, -0.2) is 18.5 Å². The highest BCUT2D eigenvalue weighted by molar-refractivity contribution is 5.83. The molecular weight excluding hydrogens is 284 g/mol. The zero-order valence-electron chi connectivity index (χ0n) is 12.1. The van der Waals surface area contributed by atoms with E-state index in [9.17, 15) is 8.78 Å². The van der Waals surface area contributed by atoms with Crippen molar-refractivity contribution in [1.82, 2.24) is 4.90 Å². The van der Waals surface area contributed by atoms with Gasteiger partial charge in [-0.1, -0.05) is 6.07 Å². The van der Waals surface area contributed by atoms with Gasteiger partial charge >= 0.3 is 0 Å². The second-order valence-corrected chi connectivity index (χ2v) is 5.92. The number of rotatable bonds is 1. The van der Waals surface area contributed by atoms with Crippen LogP contribution in [0.15, 0.2) is 47.1 Å². The van der Waals surface area contributed by atoms with Gasteiger partial charge < -0.3 is 9.32 Å². The fourth-order valence-electron chi connectivity index (χ4n) is 3.43. The van der Waals surface area contributed by atoms with E-state index in [2.05, 4.69) is 4.90 Å². The lowest BCUT2D eigenvalue weighted by molar-refractivity contribution is 0.296. The lowest BCUT2D eigenvalue weighted by atomic mass is 9.83. The quantitative estimate of drug-likeness (QED) is 0.666. The van der Waals surface area contributed by atoms with Gasteiger partial charge in [0.2, 0.25) is 0 Å². The molecule has 3 aromatic rings. The molecule has 2 aromatic carbocycles. The highest BCUT2D eigenvalue weighted by Gasteiger charge is 2.27. The third-order valence-electron chi connectivity index (χ3n) is 4.37. The minimum Gasteiger partial charge on any atom is -0.464 e. The van der Waals surface area contributed by atoms with Crippen molar-refractivity contribution < 1.29 is 13.2 Å². The lowest BCUT2D eigenvalue weighted by Crippen LogP contribution is -2.31. The van der Waals surface area contributed by atoms with E-state index in [1.807, 2.05) is 25.2 Å². The van der Waals surface area contributed by atoms with Gasteiger partial charge in [0.05, 0.1) is 6.26 Å². The number of halogens is 2. The molecule has 0 saturated carbocycles. The third-order valence-corrected chi connectivity index (χ3v) is 4.37. The molecule has 2 heterocycles. The molecule has 4 heteroatoms. The van der Waals surface area contributed by atoms with Crippen molar-refractivity contribution in [2.45, 2.75) is 12.5 Å². The molecule has 1 atom stereocenters. The third kappa shape index (κ3) is 2.11. The summed E-state index contributed by atoms with van der Waals surface area (Å²) in [6.45, 7) is 1.54. The van der Waals surface area contributed by atoms with E-state index in [0.717, 1.165) is 35.7 Å². The van der Waals surface area contributed by atoms with Crippen LogP contribution in [-0.2, 0) is 6.54 Å². The van der Waals surface area contributed by atoms with E-state index in [1.54, 1.807) is 6.26 Å². The molecule has 0 N–H and O–H groups in total. The van der Waals surface area contributed by atoms with E-state index >= 15 is 0 Å². The maximum atomic E-state index is 13.6. The van der Waals surface area contributed by atoms with Gasteiger partial charge in [0.25, 0.3) is 0 Å². The first-order valence-electron chi connectivity index (χ1n) is 7.25. The van der Waals surface area contributed by atoms with Crippen molar-refractivity contribution in [1.29, 1.82) is 0 Å². The van der Waals surface area contributed by atoms with Crippen LogP contribution >= 0.6 is 0 Å². The van der Waals surface area contributed by atoms with Crippen molar-refractivity contribution >= 4 is 11.0 Å². The van der Waals surface area contributed by atoms with Crippen molar-refractivity contribution in [3.05, 3.63) is 71.0 Å². The zero-order chi connectivity index (χ0) is 15.3. The van der Waals surface area contributed by atoms with Gasteiger partial charge in [0, 0.05) is 30.5 Å². The Morgan fingerprint density at radius 1 is 1.09 bits per heavy atom. The Morgan fingerprint density at radius 3 is 2.64 bits per heavy atom. The largest absolute Gasteiger partial charge is 0.464 e. The van der Waals surface area contributed by atoms with Crippen molar-refractivity contribution in [3.8, 4) is 0 Å². The molecule has 0 aliphatic carbocycles. The average molecular weight is 299 g/mol. The van der Waals surface area contributed by atoms with Crippen LogP contribution in [0.25, 0.3) is 11.0 Å². The zero-order valence-corrected chi connectivity index (χ0v) is 12.1. The molecule has 22 heavy (non-hydrogen) atoms. The van der Waals surface area contributed by atoms with Crippen molar-refractivity contribution in [3.63, 3.8) is 0 Å². The predicted molar refractivity (Wildman–Crippen MR) is 80.7 cm³/mol. The fraction of sp³-hybridized carbons (Fsp3) is 0.222. The number of fused-ring (bicyclic) bond motifs is 3. The van der Waals surface area contributed by atoms with Crippen molar-refractivity contribution in [2.75, 3.05) is 13.6 Å². The second-order valence-electron chi connectivity index (χ2n) is 5.92. The summed E-state index contributed by atoms with van der Waals surface area (Å²) in [4.78, 5) is 2.17. The van der Waals surface area contributed by atoms with Crippen LogP contribution in [0.5, 0.6) is 0 Å². The molecule has 0 saturated heterocycles. The Morgan fingerprint density at radius 2 is 1.86 bits per heavy atom. The summed E-state index contributed by atoms with van der Waals surface area (Å²) in [6, 6.07) is 9.67. The van der Waals surface area contributed by atoms with Gasteiger partial charge in [-0.2, -0.15) is 0 Å². The Hall–Kier alpha value is -2.20. The van der Waals surface area contributed by atoms with Crippen LogP contribution in [0.3, 0.4) is 0 Å². The van der Waals surface area contributed by atoms with Gasteiger partial charge in [-0.25, -0.2) is 8.78 Å². The number of nitrogens with zero attached hydrogens (tertiary/aromatic N) is 1. The highest BCUT2D eigenvalue weighted by atomic mass is 19.1. The first-order valence-corrected chi connectivity index (χ1v) is 7.25. The van der Waals surface area contributed by atoms with Crippen LogP contribution in [0.1, 0.15) is 22.6 Å². The predicted octanol–water partition coefficient (Wildman–Crippen LogP) is 4.29. The molecule has 1 aliphatic rings. The van der Waals surface area contributed by atoms with Crippen LogP contribution in [0.4, 0.5) is 8.78 Å². The molecule has 1 aromatic heterocycles. The lowest BCUT2D eigenvalue weighted by Gasteiger charge is -2.33. The first kappa shape index (κ1) is 13.5. The van der Waals surface area contributed by atoms with Crippen LogP contribution in [0.2, 0.25) is 0 Å². The smallest absolute Gasteiger partial charge is 0.134 e. The number of benzene rings is 2. The molecule has 0 unspecified atom stereocenters. The molecule has 0 spiro atoms. The fourth-order valence-corrected chi connectivity index (χ4v) is 3.43. The maximum Gasteiger partial charge on any atom is 0.134 e. The number of hydrogen-bond donors (Lipinski definition) is 0. The molecule has 112 valence electrons. The summed E-state index contributed by atoms with van der Waals surface area (Å²) in [5.74, 6) is -1.11. The minimum atomic E-state index is -0.533. The number of furan rings is 1. The molecule has 1 aliphatic heterocycles. The monoisotopic (exact) mass is 299 g/mol. The van der Waals surface area contributed by atoms with Gasteiger partial charge in [0.15, 0.2) is 0 Å². The molecule has 0 fully saturated rings. The van der Waals surface area contributed by atoms with E-state index in [1.165, 1.54) is 17.7 Å². The highest BCUT2D eigenvalue weighted by Crippen LogP contribution is 2.37. The normalized spacial score (nSPS) is 18.6. The Kier molecular flexibility index (Phi) is 3.01. The molecular formula is C18H15F2NO. The Bertz CT molecular complexity index is 835. The molecule has 0 bridgehead atoms. The van der Waals surface area contributed by atoms with Crippen LogP contribution < -0.4 is 0 Å². The van der Waals surface area contributed by atoms with E-state index in [4.69, 9.17) is 4.42 Å². The molecule has 0 radical (unpaired) electrons. The number of likely N-dealkylation sites (N-methyl/N-ethyl adjacent to an activating group) is 1. The van der Waals surface area contributed by atoms with E-state index < -0.39 is 11.6 Å². The first-order chi connectivity index (χ1) is 10.6. The Labute approximate surface area is 127 Å². The number of hydrogen-bond acceptors (Lipinski definition) is 2. The van der Waals surface area contributed by atoms with E-state index in [-0.39, 0.29) is 5.92 Å². The summed E-state index contributed by atoms with van der Waals surface area (Å²) in [5.41, 5.74) is 3.82. The van der Waals surface area contributed by atoms with Gasteiger partial charge in [-0.3, -0.25) is 0 Å². The van der Waals surface area contributed by atoms with Gasteiger partial charge in [0.1, 0.15) is 17.2 Å². The molecule has 2 nitrogen and oxygen atoms in total. The van der Waals surface area contributed by atoms with Crippen LogP contribution in [0, 0.1) is 11.6 Å². The SMILES string of the molecule is CN1Cc2c(ccc3occc23)[C@H](c2cc(F)cc(F)c2)C1. The topological polar surface area (TPSA) is 16.4 Å². The minimum absolute atomic E-state index is 0.0433. The van der Waals surface area contributed by atoms with Crippen molar-refractivity contribution in [2.24, 2.45) is 0 Å². The molecule has 0 amide bonds. The van der Waals surface area contributed by atoms with Gasteiger partial charge in [-0.15, -0.1) is 0 Å².